The minimum atomic E-state index is -0.240. The Morgan fingerprint density at radius 1 is 1.11 bits per heavy atom. The molecule has 6 nitrogen and oxygen atoms in total. The van der Waals surface area contributed by atoms with Crippen LogP contribution in [0.4, 0.5) is 5.69 Å². The molecule has 6 heteroatoms. The summed E-state index contributed by atoms with van der Waals surface area (Å²) in [5, 5.41) is 10.9. The Morgan fingerprint density at radius 3 is 2.63 bits per heavy atom. The van der Waals surface area contributed by atoms with Crippen molar-refractivity contribution in [1.82, 2.24) is 15.1 Å². The second-order valence-corrected chi connectivity index (χ2v) is 6.96. The summed E-state index contributed by atoms with van der Waals surface area (Å²) in [5.41, 5.74) is 4.48. The molecule has 0 saturated heterocycles. The molecule has 5 rings (SSSR count). The predicted octanol–water partition coefficient (Wildman–Crippen LogP) is 3.81. The summed E-state index contributed by atoms with van der Waals surface area (Å²) in [5.74, 6) is 0.887. The van der Waals surface area contributed by atoms with Crippen LogP contribution in [0.3, 0.4) is 0 Å². The number of H-pyrrole nitrogens is 1. The van der Waals surface area contributed by atoms with Crippen molar-refractivity contribution >= 4 is 11.6 Å². The molecule has 1 fully saturated rings. The van der Waals surface area contributed by atoms with Crippen LogP contribution in [0.5, 0.6) is 5.75 Å². The van der Waals surface area contributed by atoms with Crippen molar-refractivity contribution in [2.75, 3.05) is 12.4 Å². The van der Waals surface area contributed by atoms with Gasteiger partial charge >= 0.3 is 0 Å². The van der Waals surface area contributed by atoms with Gasteiger partial charge in [-0.3, -0.25) is 9.89 Å². The Hall–Kier alpha value is -3.28. The number of nitrogens with zero attached hydrogens (tertiary/aromatic N) is 2. The van der Waals surface area contributed by atoms with Gasteiger partial charge < -0.3 is 15.0 Å². The molecule has 27 heavy (non-hydrogen) atoms. The van der Waals surface area contributed by atoms with Crippen LogP contribution in [-0.4, -0.2) is 34.2 Å². The molecule has 1 aromatic heterocycles. The number of carbonyl (C=O) groups is 1. The highest BCUT2D eigenvalue weighted by Crippen LogP contribution is 2.42. The van der Waals surface area contributed by atoms with E-state index in [4.69, 9.17) is 4.74 Å². The Labute approximate surface area is 157 Å². The number of aromatic amines is 1. The zero-order valence-corrected chi connectivity index (χ0v) is 15.0. The first kappa shape index (κ1) is 15.9. The second kappa shape index (κ2) is 6.16. The average Bonchev–Trinajstić information content (AvgIpc) is 3.43. The highest BCUT2D eigenvalue weighted by Gasteiger charge is 2.43. The number of ether oxygens (including phenoxy) is 1. The molecule has 3 aromatic rings. The third-order valence-corrected chi connectivity index (χ3v) is 5.24. The second-order valence-electron chi connectivity index (χ2n) is 6.96. The monoisotopic (exact) mass is 360 g/mol. The maximum Gasteiger partial charge on any atom is 0.258 e. The van der Waals surface area contributed by atoms with Gasteiger partial charge in [-0.05, 0) is 49.2 Å². The molecule has 0 bridgehead atoms. The molecular formula is C21H20N4O2. The summed E-state index contributed by atoms with van der Waals surface area (Å²) < 4.78 is 5.25. The fourth-order valence-corrected chi connectivity index (χ4v) is 3.72. The smallest absolute Gasteiger partial charge is 0.258 e. The van der Waals surface area contributed by atoms with Crippen molar-refractivity contribution in [3.63, 3.8) is 0 Å². The molecule has 1 aliphatic carbocycles. The Morgan fingerprint density at radius 2 is 1.89 bits per heavy atom. The number of rotatable bonds is 4. The predicted molar refractivity (Wildman–Crippen MR) is 103 cm³/mol. The molecule has 1 aliphatic heterocycles. The quantitative estimate of drug-likeness (QED) is 0.742. The van der Waals surface area contributed by atoms with Crippen LogP contribution < -0.4 is 10.1 Å². The van der Waals surface area contributed by atoms with Gasteiger partial charge in [-0.2, -0.15) is 5.10 Å². The van der Waals surface area contributed by atoms with Crippen molar-refractivity contribution in [3.05, 3.63) is 65.9 Å². The van der Waals surface area contributed by atoms with Crippen molar-refractivity contribution in [2.24, 2.45) is 0 Å². The fraction of sp³-hybridized carbons (Fsp3) is 0.238. The summed E-state index contributed by atoms with van der Waals surface area (Å²) in [6, 6.07) is 15.8. The molecule has 136 valence electrons. The van der Waals surface area contributed by atoms with Gasteiger partial charge in [0, 0.05) is 22.9 Å². The number of benzene rings is 2. The summed E-state index contributed by atoms with van der Waals surface area (Å²) >= 11 is 0. The topological polar surface area (TPSA) is 70.2 Å². The Kier molecular flexibility index (Phi) is 3.63. The van der Waals surface area contributed by atoms with Crippen LogP contribution in [0.15, 0.2) is 54.7 Å². The lowest BCUT2D eigenvalue weighted by atomic mass is 10.0. The molecule has 0 spiro atoms. The van der Waals surface area contributed by atoms with Crippen molar-refractivity contribution in [1.29, 1.82) is 0 Å². The van der Waals surface area contributed by atoms with Gasteiger partial charge in [0.2, 0.25) is 0 Å². The molecular weight excluding hydrogens is 340 g/mol. The van der Waals surface area contributed by atoms with Crippen molar-refractivity contribution in [3.8, 4) is 17.0 Å². The first-order valence-corrected chi connectivity index (χ1v) is 9.12. The Balaban J connectivity index is 1.58. The molecule has 1 amide bonds. The number of hydrogen-bond acceptors (Lipinski definition) is 4. The molecule has 0 radical (unpaired) electrons. The largest absolute Gasteiger partial charge is 0.497 e. The van der Waals surface area contributed by atoms with Crippen molar-refractivity contribution < 1.29 is 9.53 Å². The number of anilines is 1. The zero-order valence-electron chi connectivity index (χ0n) is 15.0. The highest BCUT2D eigenvalue weighted by molar-refractivity contribution is 6.02. The first-order valence-electron chi connectivity index (χ1n) is 9.12. The van der Waals surface area contributed by atoms with Gasteiger partial charge in [0.05, 0.1) is 24.6 Å². The van der Waals surface area contributed by atoms with Crippen LogP contribution in [0.25, 0.3) is 11.3 Å². The van der Waals surface area contributed by atoms with E-state index in [2.05, 4.69) is 15.5 Å². The fourth-order valence-electron chi connectivity index (χ4n) is 3.72. The maximum absolute atomic E-state index is 13.2. The number of hydrogen-bond donors (Lipinski definition) is 2. The minimum Gasteiger partial charge on any atom is -0.497 e. The number of fused-ring (bicyclic) bond motifs is 1. The van der Waals surface area contributed by atoms with E-state index in [1.54, 1.807) is 7.11 Å². The van der Waals surface area contributed by atoms with Gasteiger partial charge in [-0.15, -0.1) is 0 Å². The third kappa shape index (κ3) is 2.65. The van der Waals surface area contributed by atoms with Gasteiger partial charge in [0.15, 0.2) is 0 Å². The minimum absolute atomic E-state index is 0.0822. The number of amides is 1. The van der Waals surface area contributed by atoms with E-state index in [0.29, 0.717) is 0 Å². The maximum atomic E-state index is 13.2. The number of aromatic nitrogens is 2. The first-order chi connectivity index (χ1) is 13.3. The SMILES string of the molecule is COc1ccc(-c2[nH]ncc2[C@@H]2Nc3ccccc3C(=O)N2C2CC2)cc1. The summed E-state index contributed by atoms with van der Waals surface area (Å²) in [6.45, 7) is 0. The molecule has 1 atom stereocenters. The van der Waals surface area contributed by atoms with Crippen molar-refractivity contribution in [2.45, 2.75) is 25.0 Å². The van der Waals surface area contributed by atoms with E-state index in [1.165, 1.54) is 0 Å². The lowest BCUT2D eigenvalue weighted by Crippen LogP contribution is -2.44. The van der Waals surface area contributed by atoms with Crippen LogP contribution >= 0.6 is 0 Å². The van der Waals surface area contributed by atoms with Gasteiger partial charge in [0.1, 0.15) is 11.9 Å². The molecule has 2 aromatic carbocycles. The molecule has 2 heterocycles. The normalized spacial score (nSPS) is 18.8. The van der Waals surface area contributed by atoms with E-state index < -0.39 is 0 Å². The summed E-state index contributed by atoms with van der Waals surface area (Å²) in [7, 11) is 1.65. The lowest BCUT2D eigenvalue weighted by molar-refractivity contribution is 0.0667. The average molecular weight is 360 g/mol. The van der Waals surface area contributed by atoms with Gasteiger partial charge in [0.25, 0.3) is 5.91 Å². The van der Waals surface area contributed by atoms with Gasteiger partial charge in [-0.25, -0.2) is 0 Å². The van der Waals surface area contributed by atoms with E-state index >= 15 is 0 Å². The zero-order chi connectivity index (χ0) is 18.4. The van der Waals surface area contributed by atoms with Crippen LogP contribution in [0.2, 0.25) is 0 Å². The summed E-state index contributed by atoms with van der Waals surface area (Å²) in [4.78, 5) is 15.1. The number of nitrogens with one attached hydrogen (secondary N) is 2. The molecule has 1 saturated carbocycles. The van der Waals surface area contributed by atoms with E-state index in [1.807, 2.05) is 59.6 Å². The van der Waals surface area contributed by atoms with Crippen LogP contribution in [-0.2, 0) is 0 Å². The molecule has 2 N–H and O–H groups in total. The van der Waals surface area contributed by atoms with E-state index in [0.717, 1.165) is 46.7 Å². The summed E-state index contributed by atoms with van der Waals surface area (Å²) in [6.07, 6.45) is 3.66. The van der Waals surface area contributed by atoms with E-state index in [9.17, 15) is 4.79 Å². The highest BCUT2D eigenvalue weighted by atomic mass is 16.5. The number of carbonyl (C=O) groups excluding carboxylic acids is 1. The van der Waals surface area contributed by atoms with Gasteiger partial charge in [-0.1, -0.05) is 12.1 Å². The molecule has 2 aliphatic rings. The number of methoxy groups -OCH3 is 1. The standard InChI is InChI=1S/C21H20N4O2/c1-27-15-10-6-13(7-11-15)19-17(12-22-24-19)20-23-18-5-3-2-4-16(18)21(26)25(20)14-8-9-14/h2-7,10-12,14,20,23H,8-9H2,1H3,(H,22,24)/t20-/m1/s1. The van der Waals surface area contributed by atoms with E-state index in [-0.39, 0.29) is 18.1 Å². The third-order valence-electron chi connectivity index (χ3n) is 5.24. The van der Waals surface area contributed by atoms with Crippen LogP contribution in [0.1, 0.15) is 34.9 Å². The number of para-hydroxylation sites is 1. The van der Waals surface area contributed by atoms with Crippen LogP contribution in [0, 0.1) is 0 Å². The Bertz CT molecular complexity index is 991. The molecule has 0 unspecified atom stereocenters. The lowest BCUT2D eigenvalue weighted by Gasteiger charge is -2.38.